The molecule has 0 unspecified atom stereocenters. The van der Waals surface area contributed by atoms with Gasteiger partial charge in [0.15, 0.2) is 0 Å². The van der Waals surface area contributed by atoms with Crippen LogP contribution in [0.2, 0.25) is 0 Å². The van der Waals surface area contributed by atoms with E-state index in [4.69, 9.17) is 0 Å². The molecule has 0 N–H and O–H groups in total. The van der Waals surface area contributed by atoms with Crippen LogP contribution in [0.1, 0.15) is 52.7 Å². The van der Waals surface area contributed by atoms with E-state index in [1.54, 1.807) is 24.3 Å². The second kappa shape index (κ2) is 9.19. The molecule has 0 aromatic heterocycles. The van der Waals surface area contributed by atoms with Gasteiger partial charge in [-0.3, -0.25) is 0 Å². The van der Waals surface area contributed by atoms with E-state index in [9.17, 15) is 10.2 Å². The number of hydrogen-bond acceptors (Lipinski definition) is 2. The fourth-order valence-corrected chi connectivity index (χ4v) is 1.93. The standard InChI is InChI=1S/2C10H14O.Ba/c2*1-10(2,3)8-5-4-6-9(11)7-8;/h2*4-7,11H,1-3H3;/q;;+2/p-2. The van der Waals surface area contributed by atoms with Gasteiger partial charge in [-0.05, 0) is 22.0 Å². The summed E-state index contributed by atoms with van der Waals surface area (Å²) >= 11 is 0. The van der Waals surface area contributed by atoms with E-state index in [0.717, 1.165) is 11.1 Å². The summed E-state index contributed by atoms with van der Waals surface area (Å²) in [6.07, 6.45) is 0. The monoisotopic (exact) mass is 436 g/mol. The molecule has 0 radical (unpaired) electrons. The maximum Gasteiger partial charge on any atom is 2.00 e. The van der Waals surface area contributed by atoms with Gasteiger partial charge in [0.1, 0.15) is 0 Å². The zero-order chi connectivity index (χ0) is 17.0. The number of hydrogen-bond donors (Lipinski definition) is 0. The van der Waals surface area contributed by atoms with E-state index in [2.05, 4.69) is 41.5 Å². The number of rotatable bonds is 0. The average Bonchev–Trinajstić information content (AvgIpc) is 2.37. The number of benzene rings is 2. The Bertz CT molecular complexity index is 552. The molecule has 3 heteroatoms. The molecule has 0 saturated carbocycles. The molecule has 0 amide bonds. The fourth-order valence-electron chi connectivity index (χ4n) is 1.93. The molecule has 2 rings (SSSR count). The molecule has 0 fully saturated rings. The van der Waals surface area contributed by atoms with Crippen molar-refractivity contribution in [3.63, 3.8) is 0 Å². The normalized spacial score (nSPS) is 11.0. The quantitative estimate of drug-likeness (QED) is 0.592. The van der Waals surface area contributed by atoms with Crippen LogP contribution in [0.15, 0.2) is 48.5 Å². The minimum atomic E-state index is 0. The Labute approximate surface area is 181 Å². The second-order valence-corrected chi connectivity index (χ2v) is 7.56. The van der Waals surface area contributed by atoms with E-state index in [1.807, 2.05) is 24.3 Å². The minimum absolute atomic E-state index is 0. The zero-order valence-electron chi connectivity index (χ0n) is 15.1. The van der Waals surface area contributed by atoms with Crippen molar-refractivity contribution in [1.29, 1.82) is 0 Å². The molecule has 0 saturated heterocycles. The van der Waals surface area contributed by atoms with Gasteiger partial charge >= 0.3 is 48.9 Å². The SMILES string of the molecule is CC(C)(C)c1cccc([O-])c1.CC(C)(C)c1cccc([O-])c1.[Ba+2]. The van der Waals surface area contributed by atoms with Crippen LogP contribution in [0.25, 0.3) is 0 Å². The third-order valence-electron chi connectivity index (χ3n) is 3.40. The molecule has 0 heterocycles. The third kappa shape index (κ3) is 8.32. The van der Waals surface area contributed by atoms with Gasteiger partial charge in [0, 0.05) is 0 Å². The first-order chi connectivity index (χ1) is 10.00. The summed E-state index contributed by atoms with van der Waals surface area (Å²) in [6, 6.07) is 14.1. The summed E-state index contributed by atoms with van der Waals surface area (Å²) in [5.74, 6) is 0.190. The van der Waals surface area contributed by atoms with Crippen molar-refractivity contribution in [3.8, 4) is 11.5 Å². The van der Waals surface area contributed by atoms with Crippen LogP contribution in [0.5, 0.6) is 11.5 Å². The predicted molar refractivity (Wildman–Crippen MR) is 94.9 cm³/mol. The van der Waals surface area contributed by atoms with Crippen LogP contribution in [0.3, 0.4) is 0 Å². The molecule has 0 spiro atoms. The Hall–Kier alpha value is -0.389. The van der Waals surface area contributed by atoms with Crippen LogP contribution >= 0.6 is 0 Å². The summed E-state index contributed by atoms with van der Waals surface area (Å²) < 4.78 is 0. The molecule has 2 nitrogen and oxygen atoms in total. The summed E-state index contributed by atoms with van der Waals surface area (Å²) in [5.41, 5.74) is 2.37. The Morgan fingerprint density at radius 2 is 0.913 bits per heavy atom. The van der Waals surface area contributed by atoms with E-state index in [1.165, 1.54) is 0 Å². The summed E-state index contributed by atoms with van der Waals surface area (Å²) in [6.45, 7) is 12.6. The summed E-state index contributed by atoms with van der Waals surface area (Å²) in [4.78, 5) is 0. The van der Waals surface area contributed by atoms with Gasteiger partial charge < -0.3 is 10.2 Å². The van der Waals surface area contributed by atoms with Crippen molar-refractivity contribution in [1.82, 2.24) is 0 Å². The predicted octanol–water partition coefficient (Wildman–Crippen LogP) is 3.73. The van der Waals surface area contributed by atoms with Gasteiger partial charge in [-0.1, -0.05) is 90.1 Å². The van der Waals surface area contributed by atoms with Crippen molar-refractivity contribution >= 4 is 48.9 Å². The molecule has 0 aliphatic heterocycles. The Kier molecular flexibility index (Phi) is 9.03. The fraction of sp³-hybridized carbons (Fsp3) is 0.400. The Morgan fingerprint density at radius 1 is 0.609 bits per heavy atom. The van der Waals surface area contributed by atoms with Crippen molar-refractivity contribution < 1.29 is 10.2 Å². The van der Waals surface area contributed by atoms with Gasteiger partial charge in [-0.25, -0.2) is 0 Å². The molecule has 0 bridgehead atoms. The largest absolute Gasteiger partial charge is 2.00 e. The smallest absolute Gasteiger partial charge is 0.872 e. The maximum atomic E-state index is 10.9. The van der Waals surface area contributed by atoms with Crippen LogP contribution in [0, 0.1) is 0 Å². The van der Waals surface area contributed by atoms with Crippen molar-refractivity contribution in [2.24, 2.45) is 0 Å². The summed E-state index contributed by atoms with van der Waals surface area (Å²) in [7, 11) is 0. The Balaban J connectivity index is 0.000000403. The molecular weight excluding hydrogens is 410 g/mol. The first kappa shape index (κ1) is 22.6. The maximum absolute atomic E-state index is 10.9. The second-order valence-electron chi connectivity index (χ2n) is 7.56. The first-order valence-electron chi connectivity index (χ1n) is 7.55. The molecule has 23 heavy (non-hydrogen) atoms. The topological polar surface area (TPSA) is 46.1 Å². The molecule has 0 aliphatic carbocycles. The van der Waals surface area contributed by atoms with Gasteiger partial charge in [0.05, 0.1) is 0 Å². The average molecular weight is 436 g/mol. The minimum Gasteiger partial charge on any atom is -0.872 e. The van der Waals surface area contributed by atoms with Crippen molar-refractivity contribution in [3.05, 3.63) is 59.7 Å². The summed E-state index contributed by atoms with van der Waals surface area (Å²) in [5, 5.41) is 21.9. The van der Waals surface area contributed by atoms with Gasteiger partial charge in [0.2, 0.25) is 0 Å². The van der Waals surface area contributed by atoms with E-state index >= 15 is 0 Å². The molecule has 0 aliphatic rings. The molecule has 0 atom stereocenters. The third-order valence-corrected chi connectivity index (χ3v) is 3.40. The van der Waals surface area contributed by atoms with Crippen molar-refractivity contribution in [2.75, 3.05) is 0 Å². The van der Waals surface area contributed by atoms with Crippen LogP contribution in [-0.2, 0) is 10.8 Å². The molecule has 120 valence electrons. The zero-order valence-corrected chi connectivity index (χ0v) is 19.6. The molecular formula is C20H26BaO2. The first-order valence-corrected chi connectivity index (χ1v) is 7.55. The van der Waals surface area contributed by atoms with Crippen molar-refractivity contribution in [2.45, 2.75) is 52.4 Å². The van der Waals surface area contributed by atoms with Gasteiger partial charge in [0.25, 0.3) is 0 Å². The van der Waals surface area contributed by atoms with Crippen LogP contribution in [-0.4, -0.2) is 48.9 Å². The van der Waals surface area contributed by atoms with Gasteiger partial charge in [-0.2, -0.15) is 0 Å². The molecule has 2 aromatic carbocycles. The van der Waals surface area contributed by atoms with E-state index < -0.39 is 0 Å². The Morgan fingerprint density at radius 3 is 1.09 bits per heavy atom. The van der Waals surface area contributed by atoms with Gasteiger partial charge in [-0.15, -0.1) is 11.5 Å². The van der Waals surface area contributed by atoms with Crippen LogP contribution in [0.4, 0.5) is 0 Å². The van der Waals surface area contributed by atoms with E-state index in [-0.39, 0.29) is 71.2 Å². The van der Waals surface area contributed by atoms with Crippen LogP contribution < -0.4 is 10.2 Å². The van der Waals surface area contributed by atoms with E-state index in [0.29, 0.717) is 0 Å². The molecule has 2 aromatic rings.